The lowest BCUT2D eigenvalue weighted by atomic mass is 9.83. The van der Waals surface area contributed by atoms with Gasteiger partial charge in [-0.1, -0.05) is 42.5 Å². The van der Waals surface area contributed by atoms with Gasteiger partial charge in [-0.15, -0.1) is 12.4 Å². The number of piperidine rings is 1. The summed E-state index contributed by atoms with van der Waals surface area (Å²) in [4.78, 5) is 27.3. The van der Waals surface area contributed by atoms with E-state index in [1.54, 1.807) is 6.07 Å². The van der Waals surface area contributed by atoms with Crippen LogP contribution in [0.4, 0.5) is 0 Å². The zero-order valence-corrected chi connectivity index (χ0v) is 16.4. The van der Waals surface area contributed by atoms with Crippen LogP contribution in [0.5, 0.6) is 0 Å². The lowest BCUT2D eigenvalue weighted by molar-refractivity contribution is 0.0817. The van der Waals surface area contributed by atoms with Gasteiger partial charge in [-0.2, -0.15) is 0 Å². The highest BCUT2D eigenvalue weighted by atomic mass is 35.5. The Balaban J connectivity index is 0.00000192. The number of aromatic nitrogens is 1. The van der Waals surface area contributed by atoms with E-state index in [9.17, 15) is 9.59 Å². The number of fused-ring (bicyclic) bond motifs is 5. The molecule has 3 heterocycles. The van der Waals surface area contributed by atoms with E-state index in [4.69, 9.17) is 0 Å². The van der Waals surface area contributed by atoms with Crippen LogP contribution in [0.2, 0.25) is 0 Å². The Hall–Kier alpha value is -2.43. The molecule has 0 spiro atoms. The maximum Gasteiger partial charge on any atom is 0.250 e. The van der Waals surface area contributed by atoms with Crippen LogP contribution in [0.1, 0.15) is 28.4 Å². The number of carbonyl (C=O) groups excluding carboxylic acids is 1. The minimum Gasteiger partial charge on any atom is -0.312 e. The van der Waals surface area contributed by atoms with E-state index in [0.717, 1.165) is 48.1 Å². The van der Waals surface area contributed by atoms with E-state index < -0.39 is 0 Å². The molecule has 28 heavy (non-hydrogen) atoms. The maximum atomic E-state index is 12.9. The average Bonchev–Trinajstić information content (AvgIpc) is 2.68. The normalized spacial score (nSPS) is 21.0. The first-order valence-electron chi connectivity index (χ1n) is 9.61. The smallest absolute Gasteiger partial charge is 0.250 e. The van der Waals surface area contributed by atoms with Gasteiger partial charge in [-0.25, -0.2) is 0 Å². The van der Waals surface area contributed by atoms with E-state index >= 15 is 0 Å². The SMILES string of the molecule is Cl.O=C(CN1C[C@H]2C[C@@H](C1)c1cccc(=O)n1C2)c1ccc2ccccc2c1. The molecule has 1 saturated heterocycles. The van der Waals surface area contributed by atoms with Gasteiger partial charge in [-0.05, 0) is 35.2 Å². The summed E-state index contributed by atoms with van der Waals surface area (Å²) in [5, 5.41) is 2.26. The van der Waals surface area contributed by atoms with Crippen LogP contribution >= 0.6 is 12.4 Å². The van der Waals surface area contributed by atoms with Crippen molar-refractivity contribution in [3.05, 3.63) is 82.3 Å². The minimum absolute atomic E-state index is 0. The van der Waals surface area contributed by atoms with E-state index in [-0.39, 0.29) is 23.7 Å². The lowest BCUT2D eigenvalue weighted by Crippen LogP contribution is -2.48. The summed E-state index contributed by atoms with van der Waals surface area (Å²) >= 11 is 0. The van der Waals surface area contributed by atoms with Gasteiger partial charge in [0.25, 0.3) is 5.56 Å². The standard InChI is InChI=1S/C23H22N2O2.ClH/c26-22(19-9-8-17-4-1-2-5-18(17)11-19)15-24-12-16-10-20(14-24)21-6-3-7-23(27)25(21)13-16;/h1-9,11,16,20H,10,12-15H2;1H/t16-,20+;/m1./s1. The Labute approximate surface area is 170 Å². The molecular weight excluding hydrogens is 372 g/mol. The van der Waals surface area contributed by atoms with Crippen molar-refractivity contribution in [3.63, 3.8) is 0 Å². The topological polar surface area (TPSA) is 42.3 Å². The molecule has 2 aliphatic rings. The number of ketones is 1. The summed E-state index contributed by atoms with van der Waals surface area (Å²) in [5.74, 6) is 0.961. The molecule has 2 aromatic carbocycles. The first kappa shape index (κ1) is 18.9. The van der Waals surface area contributed by atoms with Gasteiger partial charge in [0, 0.05) is 42.9 Å². The van der Waals surface area contributed by atoms with Gasteiger partial charge in [0.05, 0.1) is 6.54 Å². The third-order valence-corrected chi connectivity index (χ3v) is 5.99. The van der Waals surface area contributed by atoms with Crippen LogP contribution in [0.15, 0.2) is 65.5 Å². The second kappa shape index (κ2) is 7.53. The van der Waals surface area contributed by atoms with E-state index in [0.29, 0.717) is 18.4 Å². The van der Waals surface area contributed by atoms with Crippen molar-refractivity contribution in [2.75, 3.05) is 19.6 Å². The number of hydrogen-bond donors (Lipinski definition) is 0. The first-order valence-corrected chi connectivity index (χ1v) is 9.61. The molecule has 0 amide bonds. The molecule has 4 nitrogen and oxygen atoms in total. The Morgan fingerprint density at radius 3 is 2.61 bits per heavy atom. The molecule has 1 aromatic heterocycles. The molecule has 0 radical (unpaired) electrons. The van der Waals surface area contributed by atoms with Gasteiger partial charge in [0.2, 0.25) is 0 Å². The van der Waals surface area contributed by atoms with Crippen LogP contribution in [0.25, 0.3) is 10.8 Å². The van der Waals surface area contributed by atoms with Crippen molar-refractivity contribution >= 4 is 29.0 Å². The molecule has 2 atom stereocenters. The summed E-state index contributed by atoms with van der Waals surface area (Å²) in [7, 11) is 0. The molecule has 5 rings (SSSR count). The number of halogens is 1. The van der Waals surface area contributed by atoms with Crippen molar-refractivity contribution in [1.82, 2.24) is 9.47 Å². The Kier molecular flexibility index (Phi) is 5.09. The number of pyridine rings is 1. The maximum absolute atomic E-state index is 12.9. The molecule has 2 aliphatic heterocycles. The molecule has 0 N–H and O–H groups in total. The van der Waals surface area contributed by atoms with E-state index in [1.165, 1.54) is 0 Å². The van der Waals surface area contributed by atoms with Crippen molar-refractivity contribution < 1.29 is 4.79 Å². The number of Topliss-reactive ketones (excluding diaryl/α,β-unsaturated/α-hetero) is 1. The van der Waals surface area contributed by atoms with Gasteiger partial charge >= 0.3 is 0 Å². The highest BCUT2D eigenvalue weighted by Gasteiger charge is 2.34. The molecule has 1 fully saturated rings. The Bertz CT molecular complexity index is 1090. The molecule has 0 unspecified atom stereocenters. The largest absolute Gasteiger partial charge is 0.312 e. The molecule has 0 aliphatic carbocycles. The van der Waals surface area contributed by atoms with Crippen LogP contribution in [-0.2, 0) is 6.54 Å². The fourth-order valence-electron chi connectivity index (χ4n) is 4.78. The number of carbonyl (C=O) groups is 1. The predicted octanol–water partition coefficient (Wildman–Crippen LogP) is 3.73. The number of benzene rings is 2. The molecule has 5 heteroatoms. The van der Waals surface area contributed by atoms with Gasteiger partial charge in [0.1, 0.15) is 0 Å². The molecule has 3 aromatic rings. The quantitative estimate of drug-likeness (QED) is 0.636. The van der Waals surface area contributed by atoms with Crippen LogP contribution in [-0.4, -0.2) is 34.9 Å². The Morgan fingerprint density at radius 1 is 0.929 bits per heavy atom. The van der Waals surface area contributed by atoms with E-state index in [2.05, 4.69) is 17.0 Å². The second-order valence-electron chi connectivity index (χ2n) is 7.88. The molecule has 144 valence electrons. The third-order valence-electron chi connectivity index (χ3n) is 5.99. The number of rotatable bonds is 3. The molecule has 2 bridgehead atoms. The lowest BCUT2D eigenvalue weighted by Gasteiger charge is -2.42. The summed E-state index contributed by atoms with van der Waals surface area (Å²) in [6.07, 6.45) is 1.12. The number of likely N-dealkylation sites (tertiary alicyclic amines) is 1. The fraction of sp³-hybridized carbons (Fsp3) is 0.304. The highest BCUT2D eigenvalue weighted by Crippen LogP contribution is 2.34. The summed E-state index contributed by atoms with van der Waals surface area (Å²) in [5.41, 5.74) is 2.01. The first-order chi connectivity index (χ1) is 13.2. The third kappa shape index (κ3) is 3.38. The summed E-state index contributed by atoms with van der Waals surface area (Å²) < 4.78 is 1.93. The van der Waals surface area contributed by atoms with Crippen molar-refractivity contribution in [1.29, 1.82) is 0 Å². The summed E-state index contributed by atoms with van der Waals surface area (Å²) in [6.45, 7) is 2.95. The van der Waals surface area contributed by atoms with Crippen LogP contribution in [0.3, 0.4) is 0 Å². The van der Waals surface area contributed by atoms with Crippen molar-refractivity contribution in [2.45, 2.75) is 18.9 Å². The van der Waals surface area contributed by atoms with Crippen LogP contribution < -0.4 is 5.56 Å². The average molecular weight is 395 g/mol. The van der Waals surface area contributed by atoms with Crippen molar-refractivity contribution in [3.8, 4) is 0 Å². The van der Waals surface area contributed by atoms with Crippen molar-refractivity contribution in [2.24, 2.45) is 5.92 Å². The zero-order chi connectivity index (χ0) is 18.4. The predicted molar refractivity (Wildman–Crippen MR) is 114 cm³/mol. The number of nitrogens with zero attached hydrogens (tertiary/aromatic N) is 2. The number of hydrogen-bond acceptors (Lipinski definition) is 3. The van der Waals surface area contributed by atoms with Gasteiger partial charge < -0.3 is 4.57 Å². The monoisotopic (exact) mass is 394 g/mol. The fourth-order valence-corrected chi connectivity index (χ4v) is 4.78. The summed E-state index contributed by atoms with van der Waals surface area (Å²) in [6, 6.07) is 19.6. The van der Waals surface area contributed by atoms with Gasteiger partial charge in [-0.3, -0.25) is 14.5 Å². The van der Waals surface area contributed by atoms with Crippen LogP contribution in [0, 0.1) is 5.92 Å². The van der Waals surface area contributed by atoms with E-state index in [1.807, 2.05) is 47.0 Å². The molecular formula is C23H23ClN2O2. The molecule has 0 saturated carbocycles. The zero-order valence-electron chi connectivity index (χ0n) is 15.6. The Morgan fingerprint density at radius 2 is 1.75 bits per heavy atom. The highest BCUT2D eigenvalue weighted by molar-refractivity contribution is 6.01. The van der Waals surface area contributed by atoms with Gasteiger partial charge in [0.15, 0.2) is 5.78 Å². The minimum atomic E-state index is 0. The second-order valence-corrected chi connectivity index (χ2v) is 7.88.